The lowest BCUT2D eigenvalue weighted by Crippen LogP contribution is -2.21. The van der Waals surface area contributed by atoms with Crippen molar-refractivity contribution < 1.29 is 14.0 Å². The van der Waals surface area contributed by atoms with Gasteiger partial charge < -0.3 is 10.6 Å². The summed E-state index contributed by atoms with van der Waals surface area (Å²) >= 11 is 0. The molecule has 0 aliphatic carbocycles. The fourth-order valence-corrected chi connectivity index (χ4v) is 2.59. The van der Waals surface area contributed by atoms with Gasteiger partial charge in [-0.15, -0.1) is 0 Å². The molecule has 6 nitrogen and oxygen atoms in total. The Kier molecular flexibility index (Phi) is 4.15. The number of carbonyl (C=O) groups excluding carboxylic acids is 2. The number of nitrogens with zero attached hydrogens (tertiary/aromatic N) is 2. The Morgan fingerprint density at radius 2 is 1.88 bits per heavy atom. The highest BCUT2D eigenvalue weighted by Crippen LogP contribution is 2.26. The highest BCUT2D eigenvalue weighted by atomic mass is 19.1. The van der Waals surface area contributed by atoms with Gasteiger partial charge in [-0.3, -0.25) is 9.59 Å². The first-order valence-electron chi connectivity index (χ1n) is 7.39. The molecule has 0 aromatic heterocycles. The van der Waals surface area contributed by atoms with E-state index >= 15 is 0 Å². The van der Waals surface area contributed by atoms with Gasteiger partial charge in [0, 0.05) is 17.8 Å². The second-order valence-corrected chi connectivity index (χ2v) is 5.48. The summed E-state index contributed by atoms with van der Waals surface area (Å²) in [5.74, 6) is -1.62. The minimum absolute atomic E-state index is 0.119. The Morgan fingerprint density at radius 1 is 1.12 bits per heavy atom. The van der Waals surface area contributed by atoms with E-state index in [1.165, 1.54) is 24.3 Å². The van der Waals surface area contributed by atoms with Crippen molar-refractivity contribution in [2.75, 3.05) is 10.6 Å². The van der Waals surface area contributed by atoms with Crippen LogP contribution in [0.15, 0.2) is 30.3 Å². The number of carbonyl (C=O) groups is 2. The number of aryl methyl sites for hydroxylation is 1. The minimum atomic E-state index is -0.757. The third kappa shape index (κ3) is 3.17. The van der Waals surface area contributed by atoms with E-state index in [1.807, 2.05) is 12.1 Å². The Morgan fingerprint density at radius 3 is 2.60 bits per heavy atom. The Bertz CT molecular complexity index is 986. The van der Waals surface area contributed by atoms with Crippen molar-refractivity contribution in [1.29, 1.82) is 10.5 Å². The van der Waals surface area contributed by atoms with Gasteiger partial charge in [0.1, 0.15) is 18.0 Å². The summed E-state index contributed by atoms with van der Waals surface area (Å²) in [4.78, 5) is 23.7. The molecule has 2 aromatic rings. The maximum absolute atomic E-state index is 14.2. The summed E-state index contributed by atoms with van der Waals surface area (Å²) in [6.45, 7) is 0. The maximum atomic E-state index is 14.2. The molecule has 0 radical (unpaired) electrons. The van der Waals surface area contributed by atoms with Gasteiger partial charge in [0.15, 0.2) is 0 Å². The Labute approximate surface area is 142 Å². The van der Waals surface area contributed by atoms with Crippen LogP contribution in [0.1, 0.15) is 33.5 Å². The van der Waals surface area contributed by atoms with Crippen LogP contribution in [-0.4, -0.2) is 11.8 Å². The number of hydrogen-bond acceptors (Lipinski definition) is 4. The summed E-state index contributed by atoms with van der Waals surface area (Å²) in [6, 6.07) is 10.5. The molecule has 0 spiro atoms. The standard InChI is InChI=1S/C18H11FN4O2/c19-15-7-16-10(2-4-17(24)23-16)6-14(15)18(25)22-13-3-1-11(8-20)12(5-13)9-21/h1,3,5-7H,2,4H2,(H,22,25)(H,23,24). The van der Waals surface area contributed by atoms with E-state index in [0.717, 1.165) is 6.07 Å². The van der Waals surface area contributed by atoms with Crippen molar-refractivity contribution in [3.8, 4) is 12.1 Å². The second-order valence-electron chi connectivity index (χ2n) is 5.48. The van der Waals surface area contributed by atoms with Gasteiger partial charge in [-0.25, -0.2) is 4.39 Å². The predicted octanol–water partition coefficient (Wildman–Crippen LogP) is 2.71. The zero-order chi connectivity index (χ0) is 18.0. The van der Waals surface area contributed by atoms with Crippen LogP contribution in [0.25, 0.3) is 0 Å². The molecule has 0 fully saturated rings. The van der Waals surface area contributed by atoms with E-state index in [-0.39, 0.29) is 34.7 Å². The smallest absolute Gasteiger partial charge is 0.258 e. The van der Waals surface area contributed by atoms with Gasteiger partial charge in [0.25, 0.3) is 5.91 Å². The number of rotatable bonds is 2. The molecule has 2 aromatic carbocycles. The third-order valence-corrected chi connectivity index (χ3v) is 3.85. The topological polar surface area (TPSA) is 106 Å². The number of nitrogens with one attached hydrogen (secondary N) is 2. The number of anilines is 2. The fourth-order valence-electron chi connectivity index (χ4n) is 2.59. The van der Waals surface area contributed by atoms with Crippen LogP contribution in [-0.2, 0) is 11.2 Å². The van der Waals surface area contributed by atoms with Gasteiger partial charge in [-0.05, 0) is 42.3 Å². The lowest BCUT2D eigenvalue weighted by atomic mass is 9.99. The van der Waals surface area contributed by atoms with Crippen molar-refractivity contribution >= 4 is 23.2 Å². The van der Waals surface area contributed by atoms with E-state index in [4.69, 9.17) is 10.5 Å². The first-order chi connectivity index (χ1) is 12.0. The monoisotopic (exact) mass is 334 g/mol. The molecule has 1 heterocycles. The normalized spacial score (nSPS) is 12.4. The maximum Gasteiger partial charge on any atom is 0.258 e. The molecule has 1 aliphatic heterocycles. The van der Waals surface area contributed by atoms with Crippen LogP contribution < -0.4 is 10.6 Å². The van der Waals surface area contributed by atoms with Crippen LogP contribution in [0.5, 0.6) is 0 Å². The zero-order valence-electron chi connectivity index (χ0n) is 12.9. The van der Waals surface area contributed by atoms with Crippen LogP contribution in [0, 0.1) is 28.5 Å². The van der Waals surface area contributed by atoms with Crippen molar-refractivity contribution in [2.45, 2.75) is 12.8 Å². The van der Waals surface area contributed by atoms with Gasteiger partial charge in [0.2, 0.25) is 5.91 Å². The zero-order valence-corrected chi connectivity index (χ0v) is 12.9. The molecule has 25 heavy (non-hydrogen) atoms. The van der Waals surface area contributed by atoms with Crippen molar-refractivity contribution in [3.63, 3.8) is 0 Å². The summed E-state index contributed by atoms with van der Waals surface area (Å²) in [6.07, 6.45) is 0.706. The van der Waals surface area contributed by atoms with Crippen LogP contribution in [0.2, 0.25) is 0 Å². The van der Waals surface area contributed by atoms with Gasteiger partial charge in [-0.1, -0.05) is 0 Å². The lowest BCUT2D eigenvalue weighted by Gasteiger charge is -2.18. The molecule has 1 aliphatic rings. The van der Waals surface area contributed by atoms with Crippen molar-refractivity contribution in [2.24, 2.45) is 0 Å². The molecule has 122 valence electrons. The number of benzene rings is 2. The van der Waals surface area contributed by atoms with Crippen LogP contribution in [0.3, 0.4) is 0 Å². The number of halogens is 1. The van der Waals surface area contributed by atoms with Crippen molar-refractivity contribution in [1.82, 2.24) is 0 Å². The Balaban J connectivity index is 1.89. The average Bonchev–Trinajstić information content (AvgIpc) is 2.60. The van der Waals surface area contributed by atoms with E-state index in [0.29, 0.717) is 17.7 Å². The molecule has 0 unspecified atom stereocenters. The van der Waals surface area contributed by atoms with Crippen LogP contribution in [0.4, 0.5) is 15.8 Å². The average molecular weight is 334 g/mol. The van der Waals surface area contributed by atoms with E-state index < -0.39 is 11.7 Å². The first kappa shape index (κ1) is 16.2. The van der Waals surface area contributed by atoms with Gasteiger partial charge in [0.05, 0.1) is 16.7 Å². The molecule has 2 N–H and O–H groups in total. The SMILES string of the molecule is N#Cc1ccc(NC(=O)c2cc3c(cc2F)NC(=O)CC3)cc1C#N. The highest BCUT2D eigenvalue weighted by Gasteiger charge is 2.21. The van der Waals surface area contributed by atoms with Gasteiger partial charge >= 0.3 is 0 Å². The van der Waals surface area contributed by atoms with Crippen LogP contribution >= 0.6 is 0 Å². The number of nitriles is 2. The Hall–Kier alpha value is -3.71. The number of fused-ring (bicyclic) bond motifs is 1. The number of hydrogen-bond donors (Lipinski definition) is 2. The summed E-state index contributed by atoms with van der Waals surface area (Å²) in [5, 5.41) is 23.0. The quantitative estimate of drug-likeness (QED) is 0.880. The largest absolute Gasteiger partial charge is 0.326 e. The molecule has 2 amide bonds. The van der Waals surface area contributed by atoms with Crippen molar-refractivity contribution in [3.05, 3.63) is 58.4 Å². The molecular formula is C18H11FN4O2. The molecule has 3 rings (SSSR count). The van der Waals surface area contributed by atoms with Gasteiger partial charge in [-0.2, -0.15) is 10.5 Å². The molecule has 7 heteroatoms. The molecule has 0 saturated heterocycles. The fraction of sp³-hybridized carbons (Fsp3) is 0.111. The summed E-state index contributed by atoms with van der Waals surface area (Å²) in [5.41, 5.74) is 1.49. The lowest BCUT2D eigenvalue weighted by molar-refractivity contribution is -0.116. The van der Waals surface area contributed by atoms with E-state index in [1.54, 1.807) is 0 Å². The van der Waals surface area contributed by atoms with E-state index in [2.05, 4.69) is 10.6 Å². The molecule has 0 atom stereocenters. The first-order valence-corrected chi connectivity index (χ1v) is 7.39. The predicted molar refractivity (Wildman–Crippen MR) is 87.2 cm³/mol. The molecular weight excluding hydrogens is 323 g/mol. The summed E-state index contributed by atoms with van der Waals surface area (Å²) in [7, 11) is 0. The molecule has 0 bridgehead atoms. The third-order valence-electron chi connectivity index (χ3n) is 3.85. The highest BCUT2D eigenvalue weighted by molar-refractivity contribution is 6.05. The minimum Gasteiger partial charge on any atom is -0.326 e. The second kappa shape index (κ2) is 6.42. The van der Waals surface area contributed by atoms with E-state index in [9.17, 15) is 14.0 Å². The molecule has 0 saturated carbocycles. The summed E-state index contributed by atoms with van der Waals surface area (Å²) < 4.78 is 14.2. The number of amides is 2.